The minimum absolute atomic E-state index is 0.147. The molecule has 2 bridgehead atoms. The molecule has 10 nitrogen and oxygen atoms in total. The Morgan fingerprint density at radius 3 is 2.70 bits per heavy atom. The summed E-state index contributed by atoms with van der Waals surface area (Å²) in [5, 5.41) is 12.9. The van der Waals surface area contributed by atoms with Crippen LogP contribution in [0.1, 0.15) is 73.4 Å². The van der Waals surface area contributed by atoms with Crippen LogP contribution in [0.25, 0.3) is 0 Å². The third-order valence-electron chi connectivity index (χ3n) is 11.8. The second kappa shape index (κ2) is 14.4. The molecule has 0 saturated heterocycles. The van der Waals surface area contributed by atoms with Crippen molar-refractivity contribution in [2.45, 2.75) is 87.6 Å². The number of alkyl halides is 3. The lowest BCUT2D eigenvalue weighted by Crippen LogP contribution is -2.63. The first-order chi connectivity index (χ1) is 25.1. The summed E-state index contributed by atoms with van der Waals surface area (Å²) in [7, 11) is -2.07. The van der Waals surface area contributed by atoms with E-state index in [1.54, 1.807) is 25.3 Å². The van der Waals surface area contributed by atoms with Crippen LogP contribution in [0, 0.1) is 17.8 Å². The number of carbonyl (C=O) groups is 2. The molecule has 3 aliphatic carbocycles. The van der Waals surface area contributed by atoms with Gasteiger partial charge in [-0.05, 0) is 97.7 Å². The van der Waals surface area contributed by atoms with Crippen LogP contribution in [0.2, 0.25) is 5.02 Å². The molecule has 2 aromatic rings. The number of methoxy groups -OCH3 is 1. The van der Waals surface area contributed by atoms with Crippen molar-refractivity contribution < 1.29 is 41.5 Å². The van der Waals surface area contributed by atoms with Crippen molar-refractivity contribution in [1.29, 1.82) is 0 Å². The fourth-order valence-corrected chi connectivity index (χ4v) is 10.8. The van der Waals surface area contributed by atoms with Gasteiger partial charge in [0.15, 0.2) is 5.60 Å². The Labute approximate surface area is 313 Å². The van der Waals surface area contributed by atoms with Crippen LogP contribution in [0.3, 0.4) is 0 Å². The maximum absolute atomic E-state index is 14.4. The highest BCUT2D eigenvalue weighted by atomic mass is 35.5. The van der Waals surface area contributed by atoms with E-state index in [4.69, 9.17) is 21.1 Å². The monoisotopic (exact) mass is 778 g/mol. The molecule has 3 N–H and O–H groups in total. The van der Waals surface area contributed by atoms with Crippen molar-refractivity contribution in [2.24, 2.45) is 22.1 Å². The molecular weight excluding hydrogens is 733 g/mol. The van der Waals surface area contributed by atoms with Gasteiger partial charge >= 0.3 is 12.2 Å². The minimum atomic E-state index is -4.84. The number of benzene rings is 2. The van der Waals surface area contributed by atoms with Crippen molar-refractivity contribution in [3.05, 3.63) is 70.3 Å². The number of amides is 3. The molecule has 7 rings (SSSR count). The van der Waals surface area contributed by atoms with Crippen LogP contribution in [0.4, 0.5) is 23.7 Å². The Kier molecular flexibility index (Phi) is 10.3. The highest BCUT2D eigenvalue weighted by molar-refractivity contribution is 7.92. The van der Waals surface area contributed by atoms with Gasteiger partial charge in [0.2, 0.25) is 0 Å². The normalized spacial score (nSPS) is 34.9. The maximum Gasteiger partial charge on any atom is 0.417 e. The van der Waals surface area contributed by atoms with E-state index in [0.717, 1.165) is 37.8 Å². The van der Waals surface area contributed by atoms with Crippen molar-refractivity contribution in [1.82, 2.24) is 10.0 Å². The molecule has 288 valence electrons. The number of carbonyl (C=O) groups excluding carboxylic acids is 2. The van der Waals surface area contributed by atoms with Crippen molar-refractivity contribution >= 4 is 39.1 Å². The number of urea groups is 1. The van der Waals surface area contributed by atoms with Gasteiger partial charge < -0.3 is 24.8 Å². The number of hydrogen-bond donors (Lipinski definition) is 3. The standard InChI is InChI=1S/C38H46ClF3N4O6S/c1-23-5-3-7-32(51-2)29-11-8-26(29)19-46-21-36(14-4-6-24-15-27(39)10-12-30(24)36)22-52-33-13-9-25(16-31(33)46)34(47)44-53(50,20-23)45-35(48)43-28-17-37(49,18-28)38(40,41)42/h3,7,9-10,12-13,15-16,23,26,28-29,32,49H,4-6,8,11,14,17-22H2,1-2H3,(H2,43,44,45,47,48,50)/b7-3+/t23-,26-,28-,29+,32-,36-,37-,53-/m0/s1. The van der Waals surface area contributed by atoms with Crippen LogP contribution in [0.5, 0.6) is 5.75 Å². The average Bonchev–Trinajstić information content (AvgIpc) is 3.20. The third kappa shape index (κ3) is 7.66. The van der Waals surface area contributed by atoms with Crippen molar-refractivity contribution in [2.75, 3.05) is 37.5 Å². The summed E-state index contributed by atoms with van der Waals surface area (Å²) < 4.78 is 72.9. The van der Waals surface area contributed by atoms with E-state index < -0.39 is 52.5 Å². The molecule has 2 aliphatic heterocycles. The van der Waals surface area contributed by atoms with E-state index in [-0.39, 0.29) is 34.7 Å². The zero-order chi connectivity index (χ0) is 37.8. The molecule has 1 spiro atoms. The van der Waals surface area contributed by atoms with Crippen LogP contribution >= 0.6 is 11.6 Å². The van der Waals surface area contributed by atoms with Gasteiger partial charge in [0.05, 0.1) is 24.2 Å². The Morgan fingerprint density at radius 2 is 1.98 bits per heavy atom. The fourth-order valence-electron chi connectivity index (χ4n) is 8.82. The van der Waals surface area contributed by atoms with E-state index in [2.05, 4.69) is 25.4 Å². The molecule has 3 amide bonds. The number of nitrogens with one attached hydrogen (secondary N) is 2. The van der Waals surface area contributed by atoms with Crippen molar-refractivity contribution in [3.8, 4) is 5.75 Å². The molecular formula is C38H46ClF3N4O6S. The van der Waals surface area contributed by atoms with E-state index in [1.807, 2.05) is 31.2 Å². The Balaban J connectivity index is 1.23. The molecule has 0 unspecified atom stereocenters. The number of rotatable bonds is 3. The fraction of sp³-hybridized carbons (Fsp3) is 0.579. The summed E-state index contributed by atoms with van der Waals surface area (Å²) >= 11 is 6.42. The van der Waals surface area contributed by atoms with Gasteiger partial charge in [0.25, 0.3) is 5.91 Å². The van der Waals surface area contributed by atoms with E-state index >= 15 is 0 Å². The summed E-state index contributed by atoms with van der Waals surface area (Å²) in [6.45, 7) is 3.60. The van der Waals surface area contributed by atoms with Gasteiger partial charge in [-0.15, -0.1) is 4.36 Å². The van der Waals surface area contributed by atoms with Gasteiger partial charge in [-0.3, -0.25) is 9.52 Å². The molecule has 6 atom stereocenters. The topological polar surface area (TPSA) is 130 Å². The summed E-state index contributed by atoms with van der Waals surface area (Å²) in [6, 6.07) is 9.08. The van der Waals surface area contributed by atoms with Crippen LogP contribution in [0.15, 0.2) is 52.9 Å². The molecule has 0 radical (unpaired) electrons. The predicted octanol–water partition coefficient (Wildman–Crippen LogP) is 6.73. The van der Waals surface area contributed by atoms with E-state index in [0.29, 0.717) is 42.8 Å². The average molecular weight is 779 g/mol. The second-order valence-corrected chi connectivity index (χ2v) is 18.1. The third-order valence-corrected chi connectivity index (χ3v) is 14.0. The Morgan fingerprint density at radius 1 is 1.19 bits per heavy atom. The van der Waals surface area contributed by atoms with Crippen LogP contribution < -0.4 is 19.7 Å². The summed E-state index contributed by atoms with van der Waals surface area (Å²) in [5.41, 5.74) is 0.0797. The quantitative estimate of drug-likeness (QED) is 0.295. The Bertz CT molecular complexity index is 1910. The lowest BCUT2D eigenvalue weighted by atomic mass is 9.68. The van der Waals surface area contributed by atoms with E-state index in [1.165, 1.54) is 11.1 Å². The maximum atomic E-state index is 14.4. The second-order valence-electron chi connectivity index (χ2n) is 15.7. The predicted molar refractivity (Wildman–Crippen MR) is 196 cm³/mol. The highest BCUT2D eigenvalue weighted by Gasteiger charge is 2.61. The summed E-state index contributed by atoms with van der Waals surface area (Å²) in [4.78, 5) is 29.2. The van der Waals surface area contributed by atoms with Crippen molar-refractivity contribution in [3.63, 3.8) is 0 Å². The van der Waals surface area contributed by atoms with Crippen LogP contribution in [-0.4, -0.2) is 77.7 Å². The van der Waals surface area contributed by atoms with Crippen LogP contribution in [-0.2, 0) is 26.5 Å². The number of anilines is 1. The number of halogens is 4. The van der Waals surface area contributed by atoms with Gasteiger partial charge in [0, 0.05) is 55.1 Å². The number of nitrogens with zero attached hydrogens (tertiary/aromatic N) is 2. The molecule has 15 heteroatoms. The SMILES string of the molecule is CO[C@H]1/C=C/C[C@H](C)C[S@@](=O)(NC(=O)N[C@H]2C[C@@](O)(C(F)(F)F)C2)=NC(=O)c2ccc3c(c2)N(C[C@@H]2CC[C@H]21)C[C@@]1(CCCc2cc(Cl)ccc21)CO3. The largest absolute Gasteiger partial charge is 0.490 e. The van der Waals surface area contributed by atoms with Gasteiger partial charge in [-0.1, -0.05) is 36.7 Å². The zero-order valence-corrected chi connectivity index (χ0v) is 31.4. The zero-order valence-electron chi connectivity index (χ0n) is 29.8. The molecule has 0 aromatic heterocycles. The van der Waals surface area contributed by atoms with E-state index in [9.17, 15) is 32.1 Å². The molecule has 2 aromatic carbocycles. The molecule has 53 heavy (non-hydrogen) atoms. The van der Waals surface area contributed by atoms with Gasteiger partial charge in [-0.25, -0.2) is 9.00 Å². The molecule has 5 aliphatic rings. The number of aryl methyl sites for hydroxylation is 1. The first kappa shape index (κ1) is 38.0. The lowest BCUT2D eigenvalue weighted by Gasteiger charge is -2.46. The van der Waals surface area contributed by atoms with Gasteiger partial charge in [-0.2, -0.15) is 13.2 Å². The lowest BCUT2D eigenvalue weighted by molar-refractivity contribution is -0.291. The molecule has 2 saturated carbocycles. The molecule has 2 fully saturated rings. The first-order valence-corrected chi connectivity index (χ1v) is 20.3. The first-order valence-electron chi connectivity index (χ1n) is 18.3. The smallest absolute Gasteiger partial charge is 0.417 e. The number of ether oxygens (including phenoxy) is 2. The summed E-state index contributed by atoms with van der Waals surface area (Å²) in [5.74, 6) is -0.108. The number of aliphatic hydroxyl groups is 1. The minimum Gasteiger partial charge on any atom is -0.490 e. The summed E-state index contributed by atoms with van der Waals surface area (Å²) in [6.07, 6.45) is 2.83. The molecule has 2 heterocycles. The number of fused-ring (bicyclic) bond motifs is 4. The number of allylic oxidation sites excluding steroid dienone is 1. The highest BCUT2D eigenvalue weighted by Crippen LogP contribution is 2.48. The number of hydrogen-bond acceptors (Lipinski definition) is 7. The van der Waals surface area contributed by atoms with Gasteiger partial charge in [0.1, 0.15) is 15.7 Å². The Hall–Kier alpha value is -3.33.